The SMILES string of the molecule is C[C@H](N)Cc1ccccc1.O=C(O)[C@@H](O)c1ccccc1. The molecule has 0 saturated carbocycles. The lowest BCUT2D eigenvalue weighted by Gasteiger charge is -2.03. The predicted molar refractivity (Wildman–Crippen MR) is 82.8 cm³/mol. The van der Waals surface area contributed by atoms with Gasteiger partial charge >= 0.3 is 5.97 Å². The van der Waals surface area contributed by atoms with Gasteiger partial charge in [-0.05, 0) is 24.5 Å². The van der Waals surface area contributed by atoms with Crippen LogP contribution in [0.4, 0.5) is 0 Å². The number of aliphatic hydroxyl groups excluding tert-OH is 1. The number of rotatable bonds is 4. The van der Waals surface area contributed by atoms with E-state index in [1.54, 1.807) is 30.3 Å². The first-order valence-corrected chi connectivity index (χ1v) is 6.76. The molecule has 4 nitrogen and oxygen atoms in total. The van der Waals surface area contributed by atoms with Crippen molar-refractivity contribution in [1.29, 1.82) is 0 Å². The quantitative estimate of drug-likeness (QED) is 0.806. The van der Waals surface area contributed by atoms with E-state index in [1.165, 1.54) is 5.56 Å². The van der Waals surface area contributed by atoms with Crippen LogP contribution in [-0.2, 0) is 11.2 Å². The molecule has 0 aromatic heterocycles. The van der Waals surface area contributed by atoms with Crippen LogP contribution in [0.15, 0.2) is 60.7 Å². The number of carboxylic acid groups (broad SMARTS) is 1. The van der Waals surface area contributed by atoms with E-state index >= 15 is 0 Å². The van der Waals surface area contributed by atoms with Crippen LogP contribution >= 0.6 is 0 Å². The molecular formula is C17H21NO3. The number of aliphatic carboxylic acids is 1. The maximum atomic E-state index is 10.2. The van der Waals surface area contributed by atoms with E-state index in [-0.39, 0.29) is 6.04 Å². The van der Waals surface area contributed by atoms with Gasteiger partial charge in [-0.15, -0.1) is 0 Å². The largest absolute Gasteiger partial charge is 0.479 e. The third-order valence-corrected chi connectivity index (χ3v) is 2.75. The molecular weight excluding hydrogens is 266 g/mol. The molecule has 2 aromatic carbocycles. The van der Waals surface area contributed by atoms with Gasteiger partial charge in [-0.25, -0.2) is 4.79 Å². The second-order valence-electron chi connectivity index (χ2n) is 4.82. The van der Waals surface area contributed by atoms with E-state index in [0.29, 0.717) is 5.56 Å². The molecule has 4 N–H and O–H groups in total. The zero-order chi connectivity index (χ0) is 15.7. The summed E-state index contributed by atoms with van der Waals surface area (Å²) in [6, 6.07) is 18.8. The van der Waals surface area contributed by atoms with E-state index in [4.69, 9.17) is 15.9 Å². The van der Waals surface area contributed by atoms with Crippen molar-refractivity contribution < 1.29 is 15.0 Å². The van der Waals surface area contributed by atoms with Gasteiger partial charge in [0.2, 0.25) is 0 Å². The Balaban J connectivity index is 0.000000211. The number of hydrogen-bond acceptors (Lipinski definition) is 3. The maximum absolute atomic E-state index is 10.2. The third-order valence-electron chi connectivity index (χ3n) is 2.75. The van der Waals surface area contributed by atoms with Crippen molar-refractivity contribution >= 4 is 5.97 Å². The van der Waals surface area contributed by atoms with Gasteiger partial charge in [0.25, 0.3) is 0 Å². The monoisotopic (exact) mass is 287 g/mol. The number of benzene rings is 2. The van der Waals surface area contributed by atoms with Crippen molar-refractivity contribution in [2.45, 2.75) is 25.5 Å². The molecule has 0 amide bonds. The maximum Gasteiger partial charge on any atom is 0.337 e. The standard InChI is InChI=1S/C9H13N.C8H8O3/c1-8(10)7-9-5-3-2-4-6-9;9-7(8(10)11)6-4-2-1-3-5-6/h2-6,8H,7,10H2,1H3;1-5,7,9H,(H,10,11)/t8-;7-/m00/s1. The molecule has 0 fully saturated rings. The molecule has 0 spiro atoms. The average Bonchev–Trinajstić information content (AvgIpc) is 2.48. The number of nitrogens with two attached hydrogens (primary N) is 1. The normalized spacial score (nSPS) is 12.7. The second kappa shape index (κ2) is 8.89. The highest BCUT2D eigenvalue weighted by atomic mass is 16.4. The summed E-state index contributed by atoms with van der Waals surface area (Å²) in [5, 5.41) is 17.4. The van der Waals surface area contributed by atoms with Crippen molar-refractivity contribution in [2.24, 2.45) is 5.73 Å². The fourth-order valence-electron chi connectivity index (χ4n) is 1.76. The molecule has 0 unspecified atom stereocenters. The molecule has 0 heterocycles. The lowest BCUT2D eigenvalue weighted by molar-refractivity contribution is -0.146. The van der Waals surface area contributed by atoms with E-state index in [9.17, 15) is 4.79 Å². The van der Waals surface area contributed by atoms with Crippen molar-refractivity contribution in [3.05, 3.63) is 71.8 Å². The number of aliphatic hydroxyl groups is 1. The van der Waals surface area contributed by atoms with Crippen molar-refractivity contribution in [2.75, 3.05) is 0 Å². The zero-order valence-electron chi connectivity index (χ0n) is 12.0. The Bertz CT molecular complexity index is 526. The van der Waals surface area contributed by atoms with Crippen molar-refractivity contribution in [3.63, 3.8) is 0 Å². The Hall–Kier alpha value is -2.17. The van der Waals surface area contributed by atoms with Gasteiger partial charge in [-0.3, -0.25) is 0 Å². The fraction of sp³-hybridized carbons (Fsp3) is 0.235. The van der Waals surface area contributed by atoms with E-state index in [0.717, 1.165) is 6.42 Å². The Labute approximate surface area is 124 Å². The minimum atomic E-state index is -1.41. The molecule has 2 rings (SSSR count). The number of carbonyl (C=O) groups is 1. The Morgan fingerprint density at radius 2 is 1.52 bits per heavy atom. The molecule has 0 radical (unpaired) electrons. The summed E-state index contributed by atoms with van der Waals surface area (Å²) >= 11 is 0. The molecule has 4 heteroatoms. The average molecular weight is 287 g/mol. The molecule has 0 aliphatic carbocycles. The third kappa shape index (κ3) is 6.70. The number of hydrogen-bond donors (Lipinski definition) is 3. The van der Waals surface area contributed by atoms with Crippen LogP contribution in [-0.4, -0.2) is 22.2 Å². The molecule has 0 bridgehead atoms. The first-order valence-electron chi connectivity index (χ1n) is 6.76. The lowest BCUT2D eigenvalue weighted by Crippen LogP contribution is -2.17. The summed E-state index contributed by atoms with van der Waals surface area (Å²) in [4.78, 5) is 10.2. The van der Waals surface area contributed by atoms with E-state index in [2.05, 4.69) is 12.1 Å². The molecule has 2 aromatic rings. The van der Waals surface area contributed by atoms with Crippen LogP contribution in [0.25, 0.3) is 0 Å². The minimum Gasteiger partial charge on any atom is -0.479 e. The van der Waals surface area contributed by atoms with Gasteiger partial charge < -0.3 is 15.9 Å². The Morgan fingerprint density at radius 1 is 1.05 bits per heavy atom. The second-order valence-corrected chi connectivity index (χ2v) is 4.82. The number of carboxylic acids is 1. The van der Waals surface area contributed by atoms with Gasteiger partial charge in [-0.1, -0.05) is 60.7 Å². The van der Waals surface area contributed by atoms with E-state index in [1.807, 2.05) is 25.1 Å². The Kier molecular flexibility index (Phi) is 7.15. The highest BCUT2D eigenvalue weighted by molar-refractivity contribution is 5.73. The first kappa shape index (κ1) is 16.9. The van der Waals surface area contributed by atoms with Crippen LogP contribution in [0, 0.1) is 0 Å². The van der Waals surface area contributed by atoms with Gasteiger partial charge in [0.1, 0.15) is 0 Å². The highest BCUT2D eigenvalue weighted by Gasteiger charge is 2.14. The molecule has 0 saturated heterocycles. The van der Waals surface area contributed by atoms with Crippen molar-refractivity contribution in [3.8, 4) is 0 Å². The fourth-order valence-corrected chi connectivity index (χ4v) is 1.76. The smallest absolute Gasteiger partial charge is 0.337 e. The van der Waals surface area contributed by atoms with Crippen LogP contribution < -0.4 is 5.73 Å². The summed E-state index contributed by atoms with van der Waals surface area (Å²) in [5.74, 6) is -1.23. The van der Waals surface area contributed by atoms with Gasteiger partial charge in [0, 0.05) is 6.04 Å². The first-order chi connectivity index (χ1) is 10.0. The van der Waals surface area contributed by atoms with Crippen LogP contribution in [0.1, 0.15) is 24.2 Å². The molecule has 0 aliphatic heterocycles. The summed E-state index contributed by atoms with van der Waals surface area (Å²) in [7, 11) is 0. The zero-order valence-corrected chi connectivity index (χ0v) is 12.0. The molecule has 2 atom stereocenters. The summed E-state index contributed by atoms with van der Waals surface area (Å²) in [5.41, 5.74) is 7.34. The minimum absolute atomic E-state index is 0.266. The Morgan fingerprint density at radius 3 is 1.95 bits per heavy atom. The van der Waals surface area contributed by atoms with Gasteiger partial charge in [0.15, 0.2) is 6.10 Å². The summed E-state index contributed by atoms with van der Waals surface area (Å²) in [6.07, 6.45) is -0.433. The van der Waals surface area contributed by atoms with Crippen LogP contribution in [0.3, 0.4) is 0 Å². The van der Waals surface area contributed by atoms with Gasteiger partial charge in [0.05, 0.1) is 0 Å². The predicted octanol–water partition coefficient (Wildman–Crippen LogP) is 2.38. The van der Waals surface area contributed by atoms with Crippen LogP contribution in [0.5, 0.6) is 0 Å². The molecule has 112 valence electrons. The van der Waals surface area contributed by atoms with E-state index < -0.39 is 12.1 Å². The van der Waals surface area contributed by atoms with Gasteiger partial charge in [-0.2, -0.15) is 0 Å². The molecule has 21 heavy (non-hydrogen) atoms. The lowest BCUT2D eigenvalue weighted by atomic mass is 10.1. The summed E-state index contributed by atoms with van der Waals surface area (Å²) < 4.78 is 0. The van der Waals surface area contributed by atoms with Crippen molar-refractivity contribution in [1.82, 2.24) is 0 Å². The molecule has 0 aliphatic rings. The van der Waals surface area contributed by atoms with Crippen LogP contribution in [0.2, 0.25) is 0 Å². The topological polar surface area (TPSA) is 83.6 Å². The highest BCUT2D eigenvalue weighted by Crippen LogP contribution is 2.10. The summed E-state index contributed by atoms with van der Waals surface area (Å²) in [6.45, 7) is 2.02.